The zero-order chi connectivity index (χ0) is 18.5. The highest BCUT2D eigenvalue weighted by molar-refractivity contribution is 5.94. The van der Waals surface area contributed by atoms with Crippen LogP contribution >= 0.6 is 0 Å². The standard InChI is InChI=1S/C20H20FN3O2/c1-3-26-18-13-24(17-10-8-16(21)9-11-17)23-19(18)20(25)22-12-15-6-4-14(2)5-7-15/h4-11,13H,3,12H2,1-2H3,(H,22,25). The SMILES string of the molecule is CCOc1cn(-c2ccc(F)cc2)nc1C(=O)NCc1ccc(C)cc1. The van der Waals surface area contributed by atoms with Gasteiger partial charge < -0.3 is 10.1 Å². The van der Waals surface area contributed by atoms with Crippen LogP contribution in [0.3, 0.4) is 0 Å². The third-order valence-corrected chi connectivity index (χ3v) is 3.86. The number of hydrogen-bond donors (Lipinski definition) is 1. The van der Waals surface area contributed by atoms with E-state index >= 15 is 0 Å². The van der Waals surface area contributed by atoms with Gasteiger partial charge in [0.05, 0.1) is 18.5 Å². The van der Waals surface area contributed by atoms with E-state index in [-0.39, 0.29) is 17.4 Å². The number of aromatic nitrogens is 2. The van der Waals surface area contributed by atoms with Crippen LogP contribution in [-0.4, -0.2) is 22.3 Å². The lowest BCUT2D eigenvalue weighted by Gasteiger charge is -2.06. The number of aryl methyl sites for hydroxylation is 1. The Kier molecular flexibility index (Phi) is 5.31. The van der Waals surface area contributed by atoms with E-state index in [4.69, 9.17) is 4.74 Å². The molecular formula is C20H20FN3O2. The molecule has 0 saturated heterocycles. The van der Waals surface area contributed by atoms with E-state index in [1.54, 1.807) is 18.3 Å². The van der Waals surface area contributed by atoms with Gasteiger partial charge in [-0.15, -0.1) is 0 Å². The smallest absolute Gasteiger partial charge is 0.275 e. The van der Waals surface area contributed by atoms with Gasteiger partial charge in [0.15, 0.2) is 11.4 Å². The van der Waals surface area contributed by atoms with Crippen LogP contribution in [0.5, 0.6) is 5.75 Å². The highest BCUT2D eigenvalue weighted by Gasteiger charge is 2.18. The molecular weight excluding hydrogens is 333 g/mol. The molecule has 0 bridgehead atoms. The third kappa shape index (κ3) is 4.08. The second-order valence-corrected chi connectivity index (χ2v) is 5.86. The number of nitrogens with zero attached hydrogens (tertiary/aromatic N) is 2. The fourth-order valence-corrected chi connectivity index (χ4v) is 2.47. The normalized spacial score (nSPS) is 10.6. The van der Waals surface area contributed by atoms with Crippen molar-refractivity contribution in [3.8, 4) is 11.4 Å². The summed E-state index contributed by atoms with van der Waals surface area (Å²) in [6, 6.07) is 13.8. The van der Waals surface area contributed by atoms with Gasteiger partial charge in [0, 0.05) is 6.54 Å². The van der Waals surface area contributed by atoms with Crippen LogP contribution in [0.15, 0.2) is 54.7 Å². The summed E-state index contributed by atoms with van der Waals surface area (Å²) >= 11 is 0. The highest BCUT2D eigenvalue weighted by Crippen LogP contribution is 2.20. The number of halogens is 1. The molecule has 26 heavy (non-hydrogen) atoms. The number of nitrogens with one attached hydrogen (secondary N) is 1. The summed E-state index contributed by atoms with van der Waals surface area (Å²) in [6.07, 6.45) is 1.62. The van der Waals surface area contributed by atoms with E-state index in [0.29, 0.717) is 24.6 Å². The van der Waals surface area contributed by atoms with Gasteiger partial charge in [-0.05, 0) is 43.7 Å². The van der Waals surface area contributed by atoms with E-state index in [1.165, 1.54) is 16.8 Å². The van der Waals surface area contributed by atoms with Crippen molar-refractivity contribution < 1.29 is 13.9 Å². The Hall–Kier alpha value is -3.15. The average molecular weight is 353 g/mol. The lowest BCUT2D eigenvalue weighted by Crippen LogP contribution is -2.24. The fourth-order valence-electron chi connectivity index (χ4n) is 2.47. The maximum absolute atomic E-state index is 13.1. The molecule has 0 aliphatic rings. The summed E-state index contributed by atoms with van der Waals surface area (Å²) in [7, 11) is 0. The number of hydrogen-bond acceptors (Lipinski definition) is 3. The van der Waals surface area contributed by atoms with Crippen LogP contribution in [0.1, 0.15) is 28.5 Å². The van der Waals surface area contributed by atoms with Crippen LogP contribution in [0.2, 0.25) is 0 Å². The first kappa shape index (κ1) is 17.7. The van der Waals surface area contributed by atoms with E-state index < -0.39 is 0 Å². The Morgan fingerprint density at radius 2 is 1.85 bits per heavy atom. The Morgan fingerprint density at radius 1 is 1.15 bits per heavy atom. The molecule has 1 N–H and O–H groups in total. The molecule has 3 aromatic rings. The summed E-state index contributed by atoms with van der Waals surface area (Å²) in [5.74, 6) is -0.268. The second kappa shape index (κ2) is 7.82. The van der Waals surface area contributed by atoms with E-state index in [2.05, 4.69) is 10.4 Å². The first-order valence-electron chi connectivity index (χ1n) is 8.39. The Morgan fingerprint density at radius 3 is 2.50 bits per heavy atom. The van der Waals surface area contributed by atoms with Crippen molar-refractivity contribution in [2.45, 2.75) is 20.4 Å². The van der Waals surface area contributed by atoms with Gasteiger partial charge >= 0.3 is 0 Å². The molecule has 0 saturated carbocycles. The molecule has 0 atom stereocenters. The lowest BCUT2D eigenvalue weighted by molar-refractivity contribution is 0.0941. The summed E-state index contributed by atoms with van der Waals surface area (Å²) in [4.78, 5) is 12.6. The Balaban J connectivity index is 1.79. The molecule has 0 aliphatic carbocycles. The number of rotatable bonds is 6. The van der Waals surface area contributed by atoms with Gasteiger partial charge in [-0.25, -0.2) is 9.07 Å². The van der Waals surface area contributed by atoms with Crippen molar-refractivity contribution in [2.75, 3.05) is 6.61 Å². The molecule has 0 aliphatic heterocycles. The maximum Gasteiger partial charge on any atom is 0.275 e. The average Bonchev–Trinajstić information content (AvgIpc) is 3.06. The molecule has 3 rings (SSSR count). The van der Waals surface area contributed by atoms with Gasteiger partial charge in [0.25, 0.3) is 5.91 Å². The molecule has 6 heteroatoms. The Labute approximate surface area is 151 Å². The van der Waals surface area contributed by atoms with Crippen molar-refractivity contribution >= 4 is 5.91 Å². The Bertz CT molecular complexity index is 886. The molecule has 5 nitrogen and oxygen atoms in total. The predicted molar refractivity (Wildman–Crippen MR) is 97.0 cm³/mol. The van der Waals surface area contributed by atoms with Crippen LogP contribution in [-0.2, 0) is 6.54 Å². The van der Waals surface area contributed by atoms with Gasteiger partial charge in [-0.2, -0.15) is 5.10 Å². The minimum Gasteiger partial charge on any atom is -0.490 e. The molecule has 1 heterocycles. The number of carbonyl (C=O) groups excluding carboxylic acids is 1. The minimum absolute atomic E-state index is 0.197. The molecule has 1 aromatic heterocycles. The number of carbonyl (C=O) groups is 1. The van der Waals surface area contributed by atoms with Crippen molar-refractivity contribution in [3.63, 3.8) is 0 Å². The zero-order valence-corrected chi connectivity index (χ0v) is 14.7. The minimum atomic E-state index is -0.331. The molecule has 1 amide bonds. The van der Waals surface area contributed by atoms with Gasteiger partial charge in [0.1, 0.15) is 5.82 Å². The van der Waals surface area contributed by atoms with Crippen molar-refractivity contribution in [3.05, 3.63) is 77.4 Å². The van der Waals surface area contributed by atoms with E-state index in [1.807, 2.05) is 38.1 Å². The summed E-state index contributed by atoms with van der Waals surface area (Å²) < 4.78 is 20.1. The van der Waals surface area contributed by atoms with Gasteiger partial charge in [0.2, 0.25) is 0 Å². The van der Waals surface area contributed by atoms with Crippen LogP contribution in [0.4, 0.5) is 4.39 Å². The number of amides is 1. The largest absolute Gasteiger partial charge is 0.490 e. The molecule has 0 fully saturated rings. The van der Waals surface area contributed by atoms with Crippen LogP contribution in [0, 0.1) is 12.7 Å². The first-order chi connectivity index (χ1) is 12.6. The topological polar surface area (TPSA) is 56.2 Å². The lowest BCUT2D eigenvalue weighted by atomic mass is 10.1. The quantitative estimate of drug-likeness (QED) is 0.736. The zero-order valence-electron chi connectivity index (χ0n) is 14.7. The van der Waals surface area contributed by atoms with E-state index in [0.717, 1.165) is 11.1 Å². The molecule has 0 unspecified atom stereocenters. The molecule has 134 valence electrons. The summed E-state index contributed by atoms with van der Waals surface area (Å²) in [5.41, 5.74) is 3.00. The number of ether oxygens (including phenoxy) is 1. The van der Waals surface area contributed by atoms with Crippen LogP contribution < -0.4 is 10.1 Å². The van der Waals surface area contributed by atoms with Gasteiger partial charge in [-0.3, -0.25) is 4.79 Å². The fraction of sp³-hybridized carbons (Fsp3) is 0.200. The monoisotopic (exact) mass is 353 g/mol. The predicted octanol–water partition coefficient (Wildman–Crippen LogP) is 3.65. The summed E-state index contributed by atoms with van der Waals surface area (Å²) in [6.45, 7) is 4.66. The molecule has 2 aromatic carbocycles. The van der Waals surface area contributed by atoms with Crippen molar-refractivity contribution in [1.82, 2.24) is 15.1 Å². The van der Waals surface area contributed by atoms with Crippen LogP contribution in [0.25, 0.3) is 5.69 Å². The van der Waals surface area contributed by atoms with E-state index in [9.17, 15) is 9.18 Å². The molecule has 0 radical (unpaired) electrons. The van der Waals surface area contributed by atoms with Crippen molar-refractivity contribution in [1.29, 1.82) is 0 Å². The highest BCUT2D eigenvalue weighted by atomic mass is 19.1. The summed E-state index contributed by atoms with van der Waals surface area (Å²) in [5, 5.41) is 7.16. The number of benzene rings is 2. The third-order valence-electron chi connectivity index (χ3n) is 3.86. The first-order valence-corrected chi connectivity index (χ1v) is 8.39. The van der Waals surface area contributed by atoms with Gasteiger partial charge in [-0.1, -0.05) is 29.8 Å². The molecule has 0 spiro atoms. The second-order valence-electron chi connectivity index (χ2n) is 5.86. The van der Waals surface area contributed by atoms with Crippen molar-refractivity contribution in [2.24, 2.45) is 0 Å². The maximum atomic E-state index is 13.1.